The summed E-state index contributed by atoms with van der Waals surface area (Å²) in [5.41, 5.74) is 0.610. The number of hydrogen-bond acceptors (Lipinski definition) is 9. The Morgan fingerprint density at radius 3 is 2.32 bits per heavy atom. The molecule has 1 saturated heterocycles. The number of ether oxygens (including phenoxy) is 1. The SMILES string of the molecule is CC1(C)C=C(C(=O)NOC2OC(CO)C(O)C(O)C2O)C(C)(C)N1O. The van der Waals surface area contributed by atoms with Gasteiger partial charge in [0.1, 0.15) is 24.4 Å². The van der Waals surface area contributed by atoms with Crippen LogP contribution in [0.25, 0.3) is 0 Å². The maximum absolute atomic E-state index is 12.4. The molecule has 2 aliphatic rings. The third kappa shape index (κ3) is 3.57. The van der Waals surface area contributed by atoms with Crippen LogP contribution in [0.3, 0.4) is 0 Å². The second kappa shape index (κ2) is 6.89. The van der Waals surface area contributed by atoms with E-state index in [0.717, 1.165) is 5.06 Å². The van der Waals surface area contributed by atoms with E-state index in [1.807, 2.05) is 0 Å². The summed E-state index contributed by atoms with van der Waals surface area (Å²) in [4.78, 5) is 17.4. The van der Waals surface area contributed by atoms with E-state index in [0.29, 0.717) is 0 Å². The minimum absolute atomic E-state index is 0.240. The van der Waals surface area contributed by atoms with Crippen molar-refractivity contribution in [2.24, 2.45) is 0 Å². The molecule has 0 aromatic carbocycles. The van der Waals surface area contributed by atoms with Gasteiger partial charge in [-0.25, -0.2) is 10.3 Å². The molecule has 10 nitrogen and oxygen atoms in total. The highest BCUT2D eigenvalue weighted by molar-refractivity contribution is 5.95. The normalized spacial score (nSPS) is 37.6. The first kappa shape index (κ1) is 20.2. The zero-order chi connectivity index (χ0) is 19.2. The summed E-state index contributed by atoms with van der Waals surface area (Å²) in [7, 11) is 0. The van der Waals surface area contributed by atoms with Gasteiger partial charge in [-0.05, 0) is 27.7 Å². The third-order valence-corrected chi connectivity index (χ3v) is 4.59. The van der Waals surface area contributed by atoms with Gasteiger partial charge in [0.15, 0.2) is 0 Å². The Morgan fingerprint density at radius 2 is 1.84 bits per heavy atom. The molecule has 2 heterocycles. The van der Waals surface area contributed by atoms with Gasteiger partial charge in [0.25, 0.3) is 5.91 Å². The van der Waals surface area contributed by atoms with Crippen LogP contribution in [0.5, 0.6) is 0 Å². The van der Waals surface area contributed by atoms with E-state index in [1.54, 1.807) is 33.8 Å². The lowest BCUT2D eigenvalue weighted by Gasteiger charge is -2.39. The summed E-state index contributed by atoms with van der Waals surface area (Å²) < 4.78 is 5.13. The number of hydroxylamine groups is 3. The van der Waals surface area contributed by atoms with Crippen LogP contribution in [-0.4, -0.2) is 85.0 Å². The molecule has 0 aliphatic carbocycles. The maximum atomic E-state index is 12.4. The Balaban J connectivity index is 2.05. The summed E-state index contributed by atoms with van der Waals surface area (Å²) in [5.74, 6) is -0.661. The van der Waals surface area contributed by atoms with Crippen molar-refractivity contribution in [1.82, 2.24) is 10.5 Å². The van der Waals surface area contributed by atoms with Crippen molar-refractivity contribution in [2.45, 2.75) is 69.5 Å². The highest BCUT2D eigenvalue weighted by atomic mass is 16.8. The molecule has 144 valence electrons. The van der Waals surface area contributed by atoms with Crippen LogP contribution in [0, 0.1) is 0 Å². The predicted molar refractivity (Wildman–Crippen MR) is 82.9 cm³/mol. The van der Waals surface area contributed by atoms with Gasteiger partial charge >= 0.3 is 0 Å². The molecule has 0 spiro atoms. The topological polar surface area (TPSA) is 152 Å². The zero-order valence-electron chi connectivity index (χ0n) is 14.6. The van der Waals surface area contributed by atoms with Crippen LogP contribution >= 0.6 is 0 Å². The van der Waals surface area contributed by atoms with Gasteiger partial charge in [0.2, 0.25) is 6.29 Å². The molecule has 5 atom stereocenters. The van der Waals surface area contributed by atoms with E-state index in [4.69, 9.17) is 14.7 Å². The lowest BCUT2D eigenvalue weighted by atomic mass is 9.96. The number of carbonyl (C=O) groups excluding carboxylic acids is 1. The molecule has 1 amide bonds. The quantitative estimate of drug-likeness (QED) is 0.313. The van der Waals surface area contributed by atoms with Gasteiger partial charge in [-0.15, -0.1) is 0 Å². The lowest BCUT2D eigenvalue weighted by Crippen LogP contribution is -2.60. The Hall–Kier alpha value is -1.11. The van der Waals surface area contributed by atoms with Crippen molar-refractivity contribution in [2.75, 3.05) is 6.61 Å². The molecular formula is C15H26N2O8. The Kier molecular flexibility index (Phi) is 5.57. The molecule has 2 rings (SSSR count). The molecular weight excluding hydrogens is 336 g/mol. The first-order chi connectivity index (χ1) is 11.4. The molecule has 5 unspecified atom stereocenters. The number of nitrogens with one attached hydrogen (secondary N) is 1. The first-order valence-corrected chi connectivity index (χ1v) is 7.92. The molecule has 0 radical (unpaired) electrons. The van der Waals surface area contributed by atoms with Crippen molar-refractivity contribution in [3.8, 4) is 0 Å². The molecule has 1 fully saturated rings. The van der Waals surface area contributed by atoms with Gasteiger partial charge in [-0.3, -0.25) is 4.79 Å². The van der Waals surface area contributed by atoms with Crippen LogP contribution in [0.4, 0.5) is 0 Å². The summed E-state index contributed by atoms with van der Waals surface area (Å²) >= 11 is 0. The molecule has 0 aromatic heterocycles. The smallest absolute Gasteiger partial charge is 0.272 e. The summed E-state index contributed by atoms with van der Waals surface area (Å²) in [5, 5.41) is 49.6. The second-order valence-corrected chi connectivity index (χ2v) is 7.33. The summed E-state index contributed by atoms with van der Waals surface area (Å²) in [6.45, 7) is 6.16. The minimum Gasteiger partial charge on any atom is -0.394 e. The van der Waals surface area contributed by atoms with Crippen molar-refractivity contribution in [1.29, 1.82) is 0 Å². The Bertz CT molecular complexity index is 548. The average molecular weight is 362 g/mol. The van der Waals surface area contributed by atoms with E-state index < -0.39 is 54.3 Å². The van der Waals surface area contributed by atoms with Crippen LogP contribution in [0.1, 0.15) is 27.7 Å². The summed E-state index contributed by atoms with van der Waals surface area (Å²) in [6.07, 6.45) is -5.80. The average Bonchev–Trinajstić information content (AvgIpc) is 2.71. The van der Waals surface area contributed by atoms with E-state index >= 15 is 0 Å². The van der Waals surface area contributed by atoms with Crippen LogP contribution < -0.4 is 5.48 Å². The van der Waals surface area contributed by atoms with Crippen LogP contribution in [0.2, 0.25) is 0 Å². The largest absolute Gasteiger partial charge is 0.394 e. The van der Waals surface area contributed by atoms with E-state index in [-0.39, 0.29) is 5.57 Å². The van der Waals surface area contributed by atoms with Crippen molar-refractivity contribution in [3.63, 3.8) is 0 Å². The minimum atomic E-state index is -1.63. The highest BCUT2D eigenvalue weighted by Crippen LogP contribution is 2.38. The van der Waals surface area contributed by atoms with Crippen molar-refractivity contribution in [3.05, 3.63) is 11.6 Å². The number of rotatable bonds is 4. The van der Waals surface area contributed by atoms with Crippen molar-refractivity contribution >= 4 is 5.91 Å². The summed E-state index contributed by atoms with van der Waals surface area (Å²) in [6, 6.07) is 0. The molecule has 6 N–H and O–H groups in total. The number of aliphatic hydroxyl groups excluding tert-OH is 4. The first-order valence-electron chi connectivity index (χ1n) is 7.92. The number of carbonyl (C=O) groups is 1. The molecule has 0 saturated carbocycles. The van der Waals surface area contributed by atoms with Gasteiger partial charge in [-0.2, -0.15) is 5.06 Å². The molecule has 0 aromatic rings. The predicted octanol–water partition coefficient (Wildman–Crippen LogP) is -1.98. The van der Waals surface area contributed by atoms with Gasteiger partial charge < -0.3 is 30.4 Å². The van der Waals surface area contributed by atoms with Crippen LogP contribution in [-0.2, 0) is 14.4 Å². The van der Waals surface area contributed by atoms with E-state index in [2.05, 4.69) is 5.48 Å². The third-order valence-electron chi connectivity index (χ3n) is 4.59. The zero-order valence-corrected chi connectivity index (χ0v) is 14.6. The highest BCUT2D eigenvalue weighted by Gasteiger charge is 2.49. The maximum Gasteiger partial charge on any atom is 0.272 e. The molecule has 25 heavy (non-hydrogen) atoms. The van der Waals surface area contributed by atoms with Gasteiger partial charge in [0, 0.05) is 5.57 Å². The fourth-order valence-corrected chi connectivity index (χ4v) is 3.10. The van der Waals surface area contributed by atoms with E-state index in [9.17, 15) is 25.3 Å². The number of aliphatic hydroxyl groups is 4. The monoisotopic (exact) mass is 362 g/mol. The number of amides is 1. The van der Waals surface area contributed by atoms with Crippen molar-refractivity contribution < 1.29 is 40.0 Å². The number of hydrogen-bond donors (Lipinski definition) is 6. The Labute approximate surface area is 145 Å². The molecule has 2 aliphatic heterocycles. The lowest BCUT2D eigenvalue weighted by molar-refractivity contribution is -0.313. The molecule has 0 bridgehead atoms. The fourth-order valence-electron chi connectivity index (χ4n) is 3.10. The van der Waals surface area contributed by atoms with E-state index in [1.165, 1.54) is 0 Å². The Morgan fingerprint density at radius 1 is 1.24 bits per heavy atom. The standard InChI is InChI=1S/C15H26N2O8/c1-14(2)5-7(15(3,4)17(14)23)12(22)16-25-13-11(21)10(20)9(19)8(6-18)24-13/h5,8-11,13,18-21,23H,6H2,1-4H3,(H,16,22). The second-order valence-electron chi connectivity index (χ2n) is 7.33. The fraction of sp³-hybridized carbons (Fsp3) is 0.800. The van der Waals surface area contributed by atoms with Crippen LogP contribution in [0.15, 0.2) is 11.6 Å². The van der Waals surface area contributed by atoms with Gasteiger partial charge in [0.05, 0.1) is 17.7 Å². The molecule has 10 heteroatoms. The number of nitrogens with zero attached hydrogens (tertiary/aromatic N) is 1. The van der Waals surface area contributed by atoms with Gasteiger partial charge in [-0.1, -0.05) is 6.08 Å².